The van der Waals surface area contributed by atoms with E-state index in [9.17, 15) is 0 Å². The number of nitrogens with one attached hydrogen (secondary N) is 1. The molecule has 0 aromatic rings. The number of rotatable bonds is 8. The van der Waals surface area contributed by atoms with E-state index < -0.39 is 0 Å². The highest BCUT2D eigenvalue weighted by atomic mass is 14.9. The van der Waals surface area contributed by atoms with Gasteiger partial charge in [0, 0.05) is 12.6 Å². The van der Waals surface area contributed by atoms with Crippen LogP contribution in [0.1, 0.15) is 34.1 Å². The van der Waals surface area contributed by atoms with E-state index in [0.717, 1.165) is 13.0 Å². The van der Waals surface area contributed by atoms with Gasteiger partial charge in [-0.05, 0) is 33.1 Å². The summed E-state index contributed by atoms with van der Waals surface area (Å²) in [7, 11) is 0. The first-order valence-corrected chi connectivity index (χ1v) is 6.44. The van der Waals surface area contributed by atoms with Crippen LogP contribution in [0.3, 0.4) is 0 Å². The molecular weight excluding hydrogens is 206 g/mol. The Labute approximate surface area is 107 Å². The average molecular weight is 233 g/mol. The quantitative estimate of drug-likeness (QED) is 0.488. The normalized spacial score (nSPS) is 16.6. The molecule has 0 saturated carbocycles. The van der Waals surface area contributed by atoms with E-state index in [2.05, 4.69) is 63.0 Å². The monoisotopic (exact) mass is 233 g/mol. The molecule has 1 heteroatoms. The van der Waals surface area contributed by atoms with Gasteiger partial charge in [0.25, 0.3) is 0 Å². The summed E-state index contributed by atoms with van der Waals surface area (Å²) in [5.74, 6) is 0.568. The zero-order valence-electron chi connectivity index (χ0n) is 11.7. The Morgan fingerprint density at radius 1 is 1.24 bits per heavy atom. The molecule has 0 spiro atoms. The molecular formula is C16H27N. The predicted octanol–water partition coefficient (Wildman–Crippen LogP) is 4.26. The summed E-state index contributed by atoms with van der Waals surface area (Å²) in [6.07, 6.45) is 13.7. The fraction of sp³-hybridized carbons (Fsp3) is 0.500. The van der Waals surface area contributed by atoms with Gasteiger partial charge in [-0.15, -0.1) is 6.58 Å². The van der Waals surface area contributed by atoms with Gasteiger partial charge >= 0.3 is 0 Å². The highest BCUT2D eigenvalue weighted by Gasteiger charge is 2.06. The van der Waals surface area contributed by atoms with Gasteiger partial charge in [0.2, 0.25) is 0 Å². The van der Waals surface area contributed by atoms with E-state index >= 15 is 0 Å². The first-order chi connectivity index (χ1) is 8.17. The molecule has 0 bridgehead atoms. The molecule has 1 nitrogen and oxygen atoms in total. The molecule has 0 unspecified atom stereocenters. The molecule has 0 aliphatic carbocycles. The molecule has 0 aromatic carbocycles. The topological polar surface area (TPSA) is 12.0 Å². The summed E-state index contributed by atoms with van der Waals surface area (Å²) in [6.45, 7) is 13.3. The lowest BCUT2D eigenvalue weighted by Crippen LogP contribution is -2.30. The largest absolute Gasteiger partial charge is 0.310 e. The molecule has 0 aliphatic heterocycles. The SMILES string of the molecule is C=C[C@H](CC(/C=C\C)=C/C)NC[C@H](C)/C=C/C. The summed E-state index contributed by atoms with van der Waals surface area (Å²) in [6, 6.07) is 0.352. The molecule has 0 amide bonds. The van der Waals surface area contributed by atoms with Crippen LogP contribution in [0.25, 0.3) is 0 Å². The van der Waals surface area contributed by atoms with Gasteiger partial charge < -0.3 is 5.32 Å². The van der Waals surface area contributed by atoms with Crippen molar-refractivity contribution in [2.45, 2.75) is 40.2 Å². The summed E-state index contributed by atoms with van der Waals surface area (Å²) in [5, 5.41) is 3.53. The van der Waals surface area contributed by atoms with Crippen molar-refractivity contribution >= 4 is 0 Å². The minimum absolute atomic E-state index is 0.352. The van der Waals surface area contributed by atoms with Crippen molar-refractivity contribution in [3.63, 3.8) is 0 Å². The van der Waals surface area contributed by atoms with Crippen LogP contribution in [0.4, 0.5) is 0 Å². The van der Waals surface area contributed by atoms with Gasteiger partial charge in [-0.3, -0.25) is 0 Å². The Morgan fingerprint density at radius 2 is 1.94 bits per heavy atom. The summed E-state index contributed by atoms with van der Waals surface area (Å²) >= 11 is 0. The fourth-order valence-corrected chi connectivity index (χ4v) is 1.72. The van der Waals surface area contributed by atoms with Crippen LogP contribution in [-0.4, -0.2) is 12.6 Å². The second kappa shape index (κ2) is 10.1. The minimum atomic E-state index is 0.352. The van der Waals surface area contributed by atoms with Crippen molar-refractivity contribution in [1.82, 2.24) is 5.32 Å². The van der Waals surface area contributed by atoms with Crippen molar-refractivity contribution < 1.29 is 0 Å². The van der Waals surface area contributed by atoms with Crippen molar-refractivity contribution in [2.75, 3.05) is 6.54 Å². The molecule has 0 heterocycles. The maximum atomic E-state index is 3.90. The van der Waals surface area contributed by atoms with E-state index in [1.807, 2.05) is 13.0 Å². The third-order valence-corrected chi connectivity index (χ3v) is 2.71. The molecule has 0 aliphatic rings. The molecule has 0 aromatic heterocycles. The van der Waals surface area contributed by atoms with Gasteiger partial charge in [-0.25, -0.2) is 0 Å². The Kier molecular flexibility index (Phi) is 9.46. The molecule has 0 saturated heterocycles. The van der Waals surface area contributed by atoms with Gasteiger partial charge in [0.05, 0.1) is 0 Å². The molecule has 2 atom stereocenters. The van der Waals surface area contributed by atoms with Crippen LogP contribution >= 0.6 is 0 Å². The Hall–Kier alpha value is -1.08. The lowest BCUT2D eigenvalue weighted by atomic mass is 10.0. The Bertz CT molecular complexity index is 284. The Morgan fingerprint density at radius 3 is 2.41 bits per heavy atom. The lowest BCUT2D eigenvalue weighted by Gasteiger charge is -2.17. The summed E-state index contributed by atoms with van der Waals surface area (Å²) in [4.78, 5) is 0. The van der Waals surface area contributed by atoms with Gasteiger partial charge in [-0.2, -0.15) is 0 Å². The van der Waals surface area contributed by atoms with Gasteiger partial charge in [0.1, 0.15) is 0 Å². The van der Waals surface area contributed by atoms with E-state index in [1.165, 1.54) is 5.57 Å². The molecule has 0 rings (SSSR count). The lowest BCUT2D eigenvalue weighted by molar-refractivity contribution is 0.536. The Balaban J connectivity index is 4.20. The van der Waals surface area contributed by atoms with Crippen LogP contribution < -0.4 is 5.32 Å². The van der Waals surface area contributed by atoms with Crippen molar-refractivity contribution in [3.05, 3.63) is 48.6 Å². The second-order valence-electron chi connectivity index (χ2n) is 4.32. The van der Waals surface area contributed by atoms with Crippen LogP contribution in [0.15, 0.2) is 48.6 Å². The maximum Gasteiger partial charge on any atom is 0.0288 e. The van der Waals surface area contributed by atoms with E-state index in [0.29, 0.717) is 12.0 Å². The standard InChI is InChI=1S/C16H27N/c1-6-10-14(5)13-17-16(9-4)12-15(8-3)11-7-2/h6-11,14,16-17H,4,12-13H2,1-3,5H3/b10-6+,11-7-,15-8+/t14-,16-/m1/s1. The first kappa shape index (κ1) is 15.9. The third-order valence-electron chi connectivity index (χ3n) is 2.71. The second-order valence-corrected chi connectivity index (χ2v) is 4.32. The molecule has 96 valence electrons. The van der Waals surface area contributed by atoms with E-state index in [4.69, 9.17) is 0 Å². The van der Waals surface area contributed by atoms with Crippen LogP contribution in [0, 0.1) is 5.92 Å². The highest BCUT2D eigenvalue weighted by Crippen LogP contribution is 2.09. The minimum Gasteiger partial charge on any atom is -0.310 e. The van der Waals surface area contributed by atoms with Crippen LogP contribution in [0.2, 0.25) is 0 Å². The van der Waals surface area contributed by atoms with Crippen LogP contribution in [-0.2, 0) is 0 Å². The summed E-state index contributed by atoms with van der Waals surface area (Å²) in [5.41, 5.74) is 1.35. The zero-order valence-corrected chi connectivity index (χ0v) is 11.7. The number of hydrogen-bond acceptors (Lipinski definition) is 1. The molecule has 0 radical (unpaired) electrons. The van der Waals surface area contributed by atoms with Gasteiger partial charge in [0.15, 0.2) is 0 Å². The fourth-order valence-electron chi connectivity index (χ4n) is 1.72. The molecule has 1 N–H and O–H groups in total. The predicted molar refractivity (Wildman–Crippen MR) is 79.2 cm³/mol. The smallest absolute Gasteiger partial charge is 0.0288 e. The number of hydrogen-bond donors (Lipinski definition) is 1. The third kappa shape index (κ3) is 7.76. The average Bonchev–Trinajstić information content (AvgIpc) is 2.33. The van der Waals surface area contributed by atoms with E-state index in [-0.39, 0.29) is 0 Å². The highest BCUT2D eigenvalue weighted by molar-refractivity contribution is 5.19. The number of allylic oxidation sites excluding steroid dienone is 4. The molecule has 17 heavy (non-hydrogen) atoms. The maximum absolute atomic E-state index is 3.90. The van der Waals surface area contributed by atoms with Crippen molar-refractivity contribution in [2.24, 2.45) is 5.92 Å². The zero-order chi connectivity index (χ0) is 13.1. The van der Waals surface area contributed by atoms with E-state index in [1.54, 1.807) is 0 Å². The van der Waals surface area contributed by atoms with Crippen molar-refractivity contribution in [1.29, 1.82) is 0 Å². The van der Waals surface area contributed by atoms with Crippen molar-refractivity contribution in [3.8, 4) is 0 Å². The van der Waals surface area contributed by atoms with Crippen LogP contribution in [0.5, 0.6) is 0 Å². The molecule has 0 fully saturated rings. The first-order valence-electron chi connectivity index (χ1n) is 6.44. The van der Waals surface area contributed by atoms with Gasteiger partial charge in [-0.1, -0.05) is 49.0 Å². The summed E-state index contributed by atoms with van der Waals surface area (Å²) < 4.78 is 0.